The van der Waals surface area contributed by atoms with Crippen LogP contribution in [0.25, 0.3) is 0 Å². The van der Waals surface area contributed by atoms with E-state index in [0.717, 1.165) is 5.56 Å². The largest absolute Gasteiger partial charge is 0.506 e. The molecule has 90 valence electrons. The highest BCUT2D eigenvalue weighted by atomic mass is 28.4. The number of hydrogen-bond acceptors (Lipinski definition) is 3. The number of nitrogens with zero attached hydrogens (tertiary/aromatic N) is 1. The molecule has 1 N–H and O–H groups in total. The fourth-order valence-corrected chi connectivity index (χ4v) is 1.99. The normalized spacial score (nSPS) is 12.8. The summed E-state index contributed by atoms with van der Waals surface area (Å²) in [6.07, 6.45) is 3.16. The van der Waals surface area contributed by atoms with Crippen LogP contribution in [-0.4, -0.2) is 18.4 Å². The fourth-order valence-electron chi connectivity index (χ4n) is 1.03. The standard InChI is InChI=1S/C12H21NO2Si/c1-12(2,3)16(4,5)15-9-10-6-11(14)8-13-7-10/h6-8,14H,9H2,1-5H3. The molecule has 1 aromatic rings. The molecule has 4 heteroatoms. The Morgan fingerprint density at radius 2 is 1.94 bits per heavy atom. The molecular formula is C12H21NO2Si. The van der Waals surface area contributed by atoms with Crippen molar-refractivity contribution >= 4 is 8.32 Å². The Labute approximate surface area is 98.6 Å². The molecule has 16 heavy (non-hydrogen) atoms. The minimum Gasteiger partial charge on any atom is -0.506 e. The van der Waals surface area contributed by atoms with E-state index in [1.807, 2.05) is 0 Å². The highest BCUT2D eigenvalue weighted by Crippen LogP contribution is 2.37. The number of aromatic nitrogens is 1. The van der Waals surface area contributed by atoms with Crippen molar-refractivity contribution in [3.8, 4) is 5.75 Å². The zero-order chi connectivity index (χ0) is 12.4. The van der Waals surface area contributed by atoms with E-state index in [0.29, 0.717) is 6.61 Å². The lowest BCUT2D eigenvalue weighted by Crippen LogP contribution is -2.40. The maximum Gasteiger partial charge on any atom is 0.192 e. The lowest BCUT2D eigenvalue weighted by atomic mass is 10.2. The quantitative estimate of drug-likeness (QED) is 0.823. The van der Waals surface area contributed by atoms with Gasteiger partial charge in [0.05, 0.1) is 12.8 Å². The maximum absolute atomic E-state index is 9.30. The van der Waals surface area contributed by atoms with Crippen LogP contribution >= 0.6 is 0 Å². The molecule has 0 aromatic carbocycles. The topological polar surface area (TPSA) is 42.4 Å². The Morgan fingerprint density at radius 1 is 1.31 bits per heavy atom. The molecule has 0 saturated carbocycles. The molecule has 1 aromatic heterocycles. The van der Waals surface area contributed by atoms with Gasteiger partial charge >= 0.3 is 0 Å². The van der Waals surface area contributed by atoms with E-state index in [-0.39, 0.29) is 10.8 Å². The summed E-state index contributed by atoms with van der Waals surface area (Å²) >= 11 is 0. The molecule has 0 bridgehead atoms. The number of rotatable bonds is 3. The van der Waals surface area contributed by atoms with E-state index in [1.165, 1.54) is 6.20 Å². The minimum atomic E-state index is -1.71. The highest BCUT2D eigenvalue weighted by molar-refractivity contribution is 6.74. The summed E-state index contributed by atoms with van der Waals surface area (Å²) in [5.74, 6) is 0.191. The van der Waals surface area contributed by atoms with Gasteiger partial charge in [-0.3, -0.25) is 4.98 Å². The lowest BCUT2D eigenvalue weighted by molar-refractivity contribution is 0.275. The van der Waals surface area contributed by atoms with Crippen molar-refractivity contribution in [1.82, 2.24) is 4.98 Å². The molecule has 1 heterocycles. The molecule has 0 unspecified atom stereocenters. The van der Waals surface area contributed by atoms with Crippen LogP contribution in [0.4, 0.5) is 0 Å². The van der Waals surface area contributed by atoms with Crippen LogP contribution in [0.2, 0.25) is 18.1 Å². The van der Waals surface area contributed by atoms with Gasteiger partial charge in [0, 0.05) is 6.20 Å². The molecule has 3 nitrogen and oxygen atoms in total. The van der Waals surface area contributed by atoms with Gasteiger partial charge in [-0.25, -0.2) is 0 Å². The molecule has 0 aliphatic carbocycles. The Hall–Kier alpha value is -0.873. The number of pyridine rings is 1. The van der Waals surface area contributed by atoms with Crippen LogP contribution in [0.1, 0.15) is 26.3 Å². The minimum absolute atomic E-state index is 0.191. The van der Waals surface area contributed by atoms with Gasteiger partial charge in [0.2, 0.25) is 0 Å². The van der Waals surface area contributed by atoms with Crippen molar-refractivity contribution in [2.24, 2.45) is 0 Å². The smallest absolute Gasteiger partial charge is 0.192 e. The predicted octanol–water partition coefficient (Wildman–Crippen LogP) is 3.31. The van der Waals surface area contributed by atoms with Crippen LogP contribution in [0, 0.1) is 0 Å². The molecule has 0 aliphatic heterocycles. The summed E-state index contributed by atoms with van der Waals surface area (Å²) < 4.78 is 6.02. The Morgan fingerprint density at radius 3 is 2.44 bits per heavy atom. The van der Waals surface area contributed by atoms with Crippen LogP contribution in [0.15, 0.2) is 18.5 Å². The average molecular weight is 239 g/mol. The fraction of sp³-hybridized carbons (Fsp3) is 0.583. The van der Waals surface area contributed by atoms with Gasteiger partial charge < -0.3 is 9.53 Å². The Balaban J connectivity index is 2.65. The van der Waals surface area contributed by atoms with Gasteiger partial charge in [-0.05, 0) is 29.8 Å². The first-order valence-corrected chi connectivity index (χ1v) is 8.40. The van der Waals surface area contributed by atoms with E-state index >= 15 is 0 Å². The molecule has 0 saturated heterocycles. The van der Waals surface area contributed by atoms with Crippen molar-refractivity contribution < 1.29 is 9.53 Å². The van der Waals surface area contributed by atoms with Gasteiger partial charge in [-0.15, -0.1) is 0 Å². The first-order chi connectivity index (χ1) is 7.22. The molecule has 0 aliphatic rings. The zero-order valence-electron chi connectivity index (χ0n) is 10.7. The number of hydrogen-bond donors (Lipinski definition) is 1. The third-order valence-electron chi connectivity index (χ3n) is 3.19. The second-order valence-electron chi connectivity index (χ2n) is 5.60. The predicted molar refractivity (Wildman–Crippen MR) is 67.9 cm³/mol. The molecule has 0 spiro atoms. The van der Waals surface area contributed by atoms with Crippen molar-refractivity contribution in [3.05, 3.63) is 24.0 Å². The van der Waals surface area contributed by atoms with Crippen LogP contribution in [0.3, 0.4) is 0 Å². The van der Waals surface area contributed by atoms with E-state index in [2.05, 4.69) is 38.8 Å². The van der Waals surface area contributed by atoms with Crippen molar-refractivity contribution in [2.45, 2.75) is 45.5 Å². The van der Waals surface area contributed by atoms with Crippen LogP contribution in [0.5, 0.6) is 5.75 Å². The summed E-state index contributed by atoms with van der Waals surface area (Å²) in [7, 11) is -1.71. The van der Waals surface area contributed by atoms with Gasteiger partial charge in [0.15, 0.2) is 8.32 Å². The van der Waals surface area contributed by atoms with Crippen molar-refractivity contribution in [1.29, 1.82) is 0 Å². The van der Waals surface area contributed by atoms with E-state index in [9.17, 15) is 5.11 Å². The van der Waals surface area contributed by atoms with Crippen LogP contribution in [-0.2, 0) is 11.0 Å². The summed E-state index contributed by atoms with van der Waals surface area (Å²) in [6, 6.07) is 1.69. The zero-order valence-corrected chi connectivity index (χ0v) is 11.7. The third kappa shape index (κ3) is 3.32. The summed E-state index contributed by atoms with van der Waals surface area (Å²) in [5.41, 5.74) is 0.921. The molecule has 0 fully saturated rings. The second kappa shape index (κ2) is 4.55. The molecule has 1 rings (SSSR count). The summed E-state index contributed by atoms with van der Waals surface area (Å²) in [4.78, 5) is 3.93. The first kappa shape index (κ1) is 13.2. The summed E-state index contributed by atoms with van der Waals surface area (Å²) in [6.45, 7) is 11.6. The second-order valence-corrected chi connectivity index (χ2v) is 10.4. The van der Waals surface area contributed by atoms with E-state index in [4.69, 9.17) is 4.43 Å². The maximum atomic E-state index is 9.30. The van der Waals surface area contributed by atoms with E-state index < -0.39 is 8.32 Å². The van der Waals surface area contributed by atoms with Gasteiger partial charge in [0.25, 0.3) is 0 Å². The Bertz CT molecular complexity index is 358. The first-order valence-electron chi connectivity index (χ1n) is 5.49. The average Bonchev–Trinajstić information content (AvgIpc) is 2.13. The molecule has 0 amide bonds. The Kier molecular flexibility index (Phi) is 3.75. The van der Waals surface area contributed by atoms with Crippen LogP contribution < -0.4 is 0 Å². The monoisotopic (exact) mass is 239 g/mol. The molecule has 0 atom stereocenters. The van der Waals surface area contributed by atoms with Gasteiger partial charge in [-0.1, -0.05) is 20.8 Å². The summed E-state index contributed by atoms with van der Waals surface area (Å²) in [5, 5.41) is 9.50. The lowest BCUT2D eigenvalue weighted by Gasteiger charge is -2.36. The van der Waals surface area contributed by atoms with Crippen molar-refractivity contribution in [2.75, 3.05) is 0 Å². The third-order valence-corrected chi connectivity index (χ3v) is 7.66. The molecule has 0 radical (unpaired) electrons. The molecular weight excluding hydrogens is 218 g/mol. The van der Waals surface area contributed by atoms with Crippen molar-refractivity contribution in [3.63, 3.8) is 0 Å². The van der Waals surface area contributed by atoms with Gasteiger partial charge in [0.1, 0.15) is 5.75 Å². The SMILES string of the molecule is CC(C)(C)[Si](C)(C)OCc1cncc(O)c1. The highest BCUT2D eigenvalue weighted by Gasteiger charge is 2.36. The number of aromatic hydroxyl groups is 1. The van der Waals surface area contributed by atoms with Gasteiger partial charge in [-0.2, -0.15) is 0 Å². The van der Waals surface area contributed by atoms with E-state index in [1.54, 1.807) is 12.3 Å².